The number of aromatic nitrogens is 1. The van der Waals surface area contributed by atoms with Crippen LogP contribution in [0, 0.1) is 0 Å². The van der Waals surface area contributed by atoms with E-state index in [-0.39, 0.29) is 22.8 Å². The van der Waals surface area contributed by atoms with Crippen molar-refractivity contribution in [3.05, 3.63) is 89.2 Å². The molecular formula is C26H28N4O3. The normalized spacial score (nSPS) is 15.3. The largest absolute Gasteiger partial charge is 0.487 e. The number of nitrogens with one attached hydrogen (secondary N) is 1. The Hall–Kier alpha value is -3.71. The molecule has 0 unspecified atom stereocenters. The summed E-state index contributed by atoms with van der Waals surface area (Å²) in [4.78, 5) is 30.4. The zero-order valence-corrected chi connectivity index (χ0v) is 18.3. The summed E-state index contributed by atoms with van der Waals surface area (Å²) in [5, 5.41) is 2.81. The van der Waals surface area contributed by atoms with Crippen LogP contribution in [-0.4, -0.2) is 34.8 Å². The molecule has 0 saturated carbocycles. The number of anilines is 1. The molecule has 0 radical (unpaired) electrons. The van der Waals surface area contributed by atoms with Gasteiger partial charge < -0.3 is 15.8 Å². The summed E-state index contributed by atoms with van der Waals surface area (Å²) in [5.74, 6) is -0.912. The van der Waals surface area contributed by atoms with Crippen molar-refractivity contribution in [3.8, 4) is 5.75 Å². The Kier molecular flexibility index (Phi) is 6.49. The van der Waals surface area contributed by atoms with Gasteiger partial charge in [0.05, 0.1) is 14.5 Å². The molecule has 33 heavy (non-hydrogen) atoms. The molecule has 3 aromatic rings. The van der Waals surface area contributed by atoms with E-state index in [2.05, 4.69) is 15.2 Å². The summed E-state index contributed by atoms with van der Waals surface area (Å²) in [6.45, 7) is 0.872. The van der Waals surface area contributed by atoms with Crippen LogP contribution in [0.4, 0.5) is 5.69 Å². The Labute approximate surface area is 196 Å². The highest BCUT2D eigenvalue weighted by molar-refractivity contribution is 6.04. The van der Waals surface area contributed by atoms with Crippen molar-refractivity contribution < 1.29 is 17.1 Å². The number of pyridine rings is 1. The first-order valence-corrected chi connectivity index (χ1v) is 11.0. The number of piperidine rings is 1. The van der Waals surface area contributed by atoms with E-state index in [4.69, 9.17) is 13.2 Å². The van der Waals surface area contributed by atoms with E-state index in [9.17, 15) is 9.59 Å². The minimum Gasteiger partial charge on any atom is -0.487 e. The van der Waals surface area contributed by atoms with Crippen molar-refractivity contribution >= 4 is 17.5 Å². The van der Waals surface area contributed by atoms with Crippen molar-refractivity contribution in [2.75, 3.05) is 18.4 Å². The molecule has 3 N–H and O–H groups in total. The Morgan fingerprint density at radius 3 is 2.55 bits per heavy atom. The zero-order chi connectivity index (χ0) is 24.8. The van der Waals surface area contributed by atoms with E-state index < -0.39 is 12.5 Å². The third-order valence-electron chi connectivity index (χ3n) is 5.48. The van der Waals surface area contributed by atoms with E-state index >= 15 is 0 Å². The van der Waals surface area contributed by atoms with Gasteiger partial charge in [-0.1, -0.05) is 30.7 Å². The number of carbonyl (C=O) groups excluding carboxylic acids is 2. The summed E-state index contributed by atoms with van der Waals surface area (Å²) in [7, 11) is 0. The number of hydrogen-bond donors (Lipinski definition) is 2. The predicted octanol–water partition coefficient (Wildman–Crippen LogP) is 4.00. The fourth-order valence-electron chi connectivity index (χ4n) is 3.73. The summed E-state index contributed by atoms with van der Waals surface area (Å²) < 4.78 is 22.1. The lowest BCUT2D eigenvalue weighted by Crippen LogP contribution is -2.29. The van der Waals surface area contributed by atoms with Gasteiger partial charge in [0.15, 0.2) is 0 Å². The lowest BCUT2D eigenvalue weighted by Gasteiger charge is -2.26. The van der Waals surface area contributed by atoms with E-state index in [1.54, 1.807) is 30.3 Å². The van der Waals surface area contributed by atoms with E-state index in [1.165, 1.54) is 49.4 Å². The highest BCUT2D eigenvalue weighted by Gasteiger charge is 2.12. The number of nitrogens with two attached hydrogens (primary N) is 1. The van der Waals surface area contributed by atoms with Crippen LogP contribution in [0.1, 0.15) is 53.8 Å². The number of benzene rings is 2. The van der Waals surface area contributed by atoms with Gasteiger partial charge in [-0.25, -0.2) is 0 Å². The SMILES string of the molecule is [2H]C([2H])(Oc1cncc(C(N)=O)c1)c1cccc(NC(=O)c2ccc(CN3CCCCC3)cc2)c1. The molecule has 2 aromatic carbocycles. The van der Waals surface area contributed by atoms with Crippen molar-refractivity contribution in [3.63, 3.8) is 0 Å². The first-order chi connectivity index (χ1) is 16.8. The van der Waals surface area contributed by atoms with Crippen LogP contribution in [0.2, 0.25) is 0 Å². The van der Waals surface area contributed by atoms with E-state index in [0.29, 0.717) is 11.3 Å². The van der Waals surface area contributed by atoms with Gasteiger partial charge in [0.2, 0.25) is 5.91 Å². The van der Waals surface area contributed by atoms with Gasteiger partial charge in [0.25, 0.3) is 5.91 Å². The number of ether oxygens (including phenoxy) is 1. The Morgan fingerprint density at radius 1 is 1.00 bits per heavy atom. The van der Waals surface area contributed by atoms with Crippen LogP contribution >= 0.6 is 0 Å². The molecule has 4 rings (SSSR count). The Balaban J connectivity index is 1.41. The van der Waals surface area contributed by atoms with Crippen LogP contribution in [0.15, 0.2) is 67.0 Å². The maximum atomic E-state index is 12.8. The smallest absolute Gasteiger partial charge is 0.255 e. The van der Waals surface area contributed by atoms with E-state index in [1.807, 2.05) is 12.1 Å². The average molecular weight is 447 g/mol. The molecule has 0 bridgehead atoms. The van der Waals surface area contributed by atoms with Crippen LogP contribution in [-0.2, 0) is 13.1 Å². The van der Waals surface area contributed by atoms with Gasteiger partial charge in [-0.2, -0.15) is 0 Å². The quantitative estimate of drug-likeness (QED) is 0.545. The molecule has 170 valence electrons. The topological polar surface area (TPSA) is 97.5 Å². The number of carbonyl (C=O) groups is 2. The first kappa shape index (κ1) is 19.9. The lowest BCUT2D eigenvalue weighted by molar-refractivity contribution is 0.0997. The molecule has 1 saturated heterocycles. The second-order valence-electron chi connectivity index (χ2n) is 8.05. The molecule has 0 aliphatic carbocycles. The number of likely N-dealkylation sites (tertiary alicyclic amines) is 1. The first-order valence-electron chi connectivity index (χ1n) is 12.0. The summed E-state index contributed by atoms with van der Waals surface area (Å²) in [5.41, 5.74) is 7.68. The fourth-order valence-corrected chi connectivity index (χ4v) is 3.73. The number of amides is 2. The van der Waals surface area contributed by atoms with Crippen LogP contribution in [0.3, 0.4) is 0 Å². The Bertz CT molecular complexity index is 1200. The van der Waals surface area contributed by atoms with Crippen molar-refractivity contribution in [1.29, 1.82) is 0 Å². The summed E-state index contributed by atoms with van der Waals surface area (Å²) >= 11 is 0. The second kappa shape index (κ2) is 10.7. The minimum absolute atomic E-state index is 0.0605. The zero-order valence-electron chi connectivity index (χ0n) is 20.3. The molecule has 0 atom stereocenters. The predicted molar refractivity (Wildman–Crippen MR) is 127 cm³/mol. The molecule has 1 aliphatic heterocycles. The monoisotopic (exact) mass is 446 g/mol. The molecule has 1 aromatic heterocycles. The molecule has 1 fully saturated rings. The van der Waals surface area contributed by atoms with Crippen LogP contribution in [0.5, 0.6) is 5.75 Å². The molecule has 1 aliphatic rings. The highest BCUT2D eigenvalue weighted by Crippen LogP contribution is 2.18. The Morgan fingerprint density at radius 2 is 1.79 bits per heavy atom. The van der Waals surface area contributed by atoms with Gasteiger partial charge in [-0.3, -0.25) is 19.5 Å². The van der Waals surface area contributed by atoms with E-state index in [0.717, 1.165) is 19.6 Å². The van der Waals surface area contributed by atoms with Gasteiger partial charge in [0, 0.05) is 24.0 Å². The lowest BCUT2D eigenvalue weighted by atomic mass is 10.1. The highest BCUT2D eigenvalue weighted by atomic mass is 16.5. The standard InChI is InChI=1S/C26H28N4O3/c27-25(31)22-14-24(16-28-15-22)33-18-20-5-4-6-23(13-20)29-26(32)21-9-7-19(8-10-21)17-30-11-2-1-3-12-30/h4-10,13-16H,1-3,11-12,17-18H2,(H2,27,31)(H,29,32)/i18D2. The summed E-state index contributed by atoms with van der Waals surface area (Å²) in [6, 6.07) is 15.3. The van der Waals surface area contributed by atoms with Crippen molar-refractivity contribution in [2.45, 2.75) is 32.4 Å². The molecule has 2 amide bonds. The van der Waals surface area contributed by atoms with Gasteiger partial charge >= 0.3 is 0 Å². The fraction of sp³-hybridized carbons (Fsp3) is 0.269. The number of rotatable bonds is 8. The molecule has 0 spiro atoms. The third-order valence-corrected chi connectivity index (χ3v) is 5.48. The van der Waals surface area contributed by atoms with Crippen LogP contribution in [0.25, 0.3) is 0 Å². The number of primary amides is 1. The third kappa shape index (κ3) is 6.40. The maximum absolute atomic E-state index is 12.8. The second-order valence-corrected chi connectivity index (χ2v) is 8.05. The summed E-state index contributed by atoms with van der Waals surface area (Å²) in [6.07, 6.45) is 6.34. The van der Waals surface area contributed by atoms with Gasteiger partial charge in [0.1, 0.15) is 12.3 Å². The molecule has 2 heterocycles. The molecule has 7 nitrogen and oxygen atoms in total. The average Bonchev–Trinajstić information content (AvgIpc) is 2.85. The van der Waals surface area contributed by atoms with Crippen molar-refractivity contribution in [2.24, 2.45) is 5.73 Å². The van der Waals surface area contributed by atoms with Crippen LogP contribution < -0.4 is 15.8 Å². The van der Waals surface area contributed by atoms with Gasteiger partial charge in [-0.05, 0) is 67.4 Å². The number of hydrogen-bond acceptors (Lipinski definition) is 5. The number of nitrogens with zero attached hydrogens (tertiary/aromatic N) is 2. The van der Waals surface area contributed by atoms with Crippen molar-refractivity contribution in [1.82, 2.24) is 9.88 Å². The maximum Gasteiger partial charge on any atom is 0.255 e. The van der Waals surface area contributed by atoms with Gasteiger partial charge in [-0.15, -0.1) is 0 Å². The minimum atomic E-state index is -2.24. The molecular weight excluding hydrogens is 416 g/mol. The molecule has 7 heteroatoms.